The lowest BCUT2D eigenvalue weighted by Gasteiger charge is -2.30. The molecule has 1 aromatic heterocycles. The van der Waals surface area contributed by atoms with Crippen molar-refractivity contribution >= 4 is 11.9 Å². The summed E-state index contributed by atoms with van der Waals surface area (Å²) in [6.07, 6.45) is 1.44. The van der Waals surface area contributed by atoms with Gasteiger partial charge >= 0.3 is 11.7 Å². The van der Waals surface area contributed by atoms with Gasteiger partial charge in [0.2, 0.25) is 5.69 Å². The maximum absolute atomic E-state index is 13.2. The zero-order valence-corrected chi connectivity index (χ0v) is 18.6. The second-order valence-electron chi connectivity index (χ2n) is 7.52. The Morgan fingerprint density at radius 2 is 1.75 bits per heavy atom. The molecule has 1 aliphatic heterocycles. The molecule has 1 saturated heterocycles. The Morgan fingerprint density at radius 1 is 1.09 bits per heavy atom. The van der Waals surface area contributed by atoms with Gasteiger partial charge in [0.05, 0.1) is 25.3 Å². The maximum Gasteiger partial charge on any atom is 0.352 e. The van der Waals surface area contributed by atoms with Crippen molar-refractivity contribution in [2.45, 2.75) is 39.7 Å². The number of esters is 1. The second kappa shape index (κ2) is 10.3. The van der Waals surface area contributed by atoms with Gasteiger partial charge in [0.25, 0.3) is 11.5 Å². The summed E-state index contributed by atoms with van der Waals surface area (Å²) in [5.41, 5.74) is -1.22. The predicted octanol–water partition coefficient (Wildman–Crippen LogP) is 1.23. The van der Waals surface area contributed by atoms with Crippen LogP contribution in [-0.4, -0.2) is 57.9 Å². The minimum Gasteiger partial charge on any atom is -0.497 e. The number of nitrogens with zero attached hydrogens (tertiary/aromatic N) is 4. The third-order valence-corrected chi connectivity index (χ3v) is 5.43. The minimum absolute atomic E-state index is 0.168. The Bertz CT molecular complexity index is 1080. The first-order valence-corrected chi connectivity index (χ1v) is 10.8. The lowest BCUT2D eigenvalue weighted by atomic mass is 9.97. The van der Waals surface area contributed by atoms with Crippen molar-refractivity contribution in [3.05, 3.63) is 50.8 Å². The lowest BCUT2D eigenvalue weighted by Crippen LogP contribution is -2.48. The molecule has 172 valence electrons. The fourth-order valence-electron chi connectivity index (χ4n) is 3.69. The Kier molecular flexibility index (Phi) is 7.45. The third-order valence-electron chi connectivity index (χ3n) is 5.43. The highest BCUT2D eigenvalue weighted by Gasteiger charge is 2.31. The molecule has 3 rings (SSSR count). The van der Waals surface area contributed by atoms with Crippen molar-refractivity contribution in [1.29, 1.82) is 0 Å². The number of rotatable bonds is 7. The van der Waals surface area contributed by atoms with Gasteiger partial charge in [-0.05, 0) is 50.5 Å². The molecule has 10 heteroatoms. The molecule has 0 radical (unpaired) electrons. The van der Waals surface area contributed by atoms with E-state index in [2.05, 4.69) is 5.10 Å². The van der Waals surface area contributed by atoms with Crippen LogP contribution in [0.3, 0.4) is 0 Å². The summed E-state index contributed by atoms with van der Waals surface area (Å²) >= 11 is 0. The van der Waals surface area contributed by atoms with Gasteiger partial charge in [-0.1, -0.05) is 6.92 Å². The molecule has 0 aliphatic carbocycles. The van der Waals surface area contributed by atoms with Crippen LogP contribution in [0.5, 0.6) is 5.75 Å². The van der Waals surface area contributed by atoms with Crippen LogP contribution in [0.25, 0.3) is 5.69 Å². The number of ether oxygens (including phenoxy) is 2. The van der Waals surface area contributed by atoms with Crippen molar-refractivity contribution in [3.63, 3.8) is 0 Å². The fourth-order valence-corrected chi connectivity index (χ4v) is 3.69. The number of carbonyl (C=O) groups is 2. The van der Waals surface area contributed by atoms with Gasteiger partial charge in [-0.2, -0.15) is 9.78 Å². The van der Waals surface area contributed by atoms with Crippen LogP contribution in [0.4, 0.5) is 0 Å². The Balaban J connectivity index is 1.94. The summed E-state index contributed by atoms with van der Waals surface area (Å²) < 4.78 is 12.3. The first-order chi connectivity index (χ1) is 15.4. The Hall–Kier alpha value is -3.43. The van der Waals surface area contributed by atoms with Crippen LogP contribution in [0, 0.1) is 5.92 Å². The summed E-state index contributed by atoms with van der Waals surface area (Å²) in [5.74, 6) is -0.484. The van der Waals surface area contributed by atoms with E-state index in [1.165, 1.54) is 12.0 Å². The molecule has 32 heavy (non-hydrogen) atoms. The van der Waals surface area contributed by atoms with Crippen LogP contribution in [-0.2, 0) is 16.1 Å². The average molecular weight is 444 g/mol. The van der Waals surface area contributed by atoms with E-state index in [-0.39, 0.29) is 24.1 Å². The van der Waals surface area contributed by atoms with Crippen molar-refractivity contribution in [2.24, 2.45) is 5.92 Å². The van der Waals surface area contributed by atoms with Crippen LogP contribution < -0.4 is 16.0 Å². The predicted molar refractivity (Wildman–Crippen MR) is 116 cm³/mol. The first kappa shape index (κ1) is 23.2. The molecule has 0 bridgehead atoms. The largest absolute Gasteiger partial charge is 0.497 e. The van der Waals surface area contributed by atoms with Gasteiger partial charge in [-0.15, -0.1) is 0 Å². The minimum atomic E-state index is -0.709. The van der Waals surface area contributed by atoms with Gasteiger partial charge in [0.1, 0.15) is 5.75 Å². The third kappa shape index (κ3) is 4.74. The number of amides is 1. The molecule has 2 heterocycles. The Labute approximate surface area is 185 Å². The lowest BCUT2D eigenvalue weighted by molar-refractivity contribution is -0.149. The molecular weight excluding hydrogens is 416 g/mol. The zero-order chi connectivity index (χ0) is 23.3. The van der Waals surface area contributed by atoms with Gasteiger partial charge in [0.15, 0.2) is 0 Å². The molecule has 1 aromatic carbocycles. The number of aromatic nitrogens is 3. The summed E-state index contributed by atoms with van der Waals surface area (Å²) in [7, 11) is 1.53. The van der Waals surface area contributed by atoms with E-state index in [4.69, 9.17) is 9.47 Å². The molecule has 0 N–H and O–H groups in total. The maximum atomic E-state index is 13.2. The van der Waals surface area contributed by atoms with Crippen molar-refractivity contribution in [2.75, 3.05) is 26.8 Å². The Morgan fingerprint density at radius 3 is 2.31 bits per heavy atom. The van der Waals surface area contributed by atoms with E-state index in [0.717, 1.165) is 9.25 Å². The molecule has 1 aliphatic rings. The van der Waals surface area contributed by atoms with Gasteiger partial charge in [-0.25, -0.2) is 4.79 Å². The summed E-state index contributed by atoms with van der Waals surface area (Å²) in [4.78, 5) is 52.5. The van der Waals surface area contributed by atoms with Crippen LogP contribution in [0.1, 0.15) is 43.6 Å². The normalized spacial score (nSPS) is 14.3. The highest BCUT2D eigenvalue weighted by molar-refractivity contribution is 5.92. The highest BCUT2D eigenvalue weighted by atomic mass is 16.5. The number of piperidine rings is 1. The topological polar surface area (TPSA) is 113 Å². The number of likely N-dealkylation sites (tertiary alicyclic amines) is 1. The number of benzene rings is 1. The molecular formula is C22H28N4O6. The van der Waals surface area contributed by atoms with E-state index < -0.39 is 17.2 Å². The molecule has 0 atom stereocenters. The zero-order valence-electron chi connectivity index (χ0n) is 18.6. The van der Waals surface area contributed by atoms with Gasteiger partial charge < -0.3 is 14.4 Å². The number of carbonyl (C=O) groups excluding carboxylic acids is 2. The molecule has 0 saturated carbocycles. The van der Waals surface area contributed by atoms with E-state index in [1.54, 1.807) is 31.2 Å². The monoisotopic (exact) mass is 444 g/mol. The molecule has 2 aromatic rings. The summed E-state index contributed by atoms with van der Waals surface area (Å²) in [5, 5.41) is 4.15. The molecule has 0 unspecified atom stereocenters. The highest BCUT2D eigenvalue weighted by Crippen LogP contribution is 2.20. The fraction of sp³-hybridized carbons (Fsp3) is 0.500. The quantitative estimate of drug-likeness (QED) is 0.590. The van der Waals surface area contributed by atoms with Crippen molar-refractivity contribution < 1.29 is 19.1 Å². The van der Waals surface area contributed by atoms with E-state index in [0.29, 0.717) is 50.4 Å². The van der Waals surface area contributed by atoms with E-state index in [1.807, 2.05) is 6.92 Å². The van der Waals surface area contributed by atoms with Crippen molar-refractivity contribution in [1.82, 2.24) is 19.2 Å². The molecule has 1 amide bonds. The van der Waals surface area contributed by atoms with Crippen molar-refractivity contribution in [3.8, 4) is 11.4 Å². The summed E-state index contributed by atoms with van der Waals surface area (Å²) in [6.45, 7) is 4.68. The van der Waals surface area contributed by atoms with Crippen LogP contribution >= 0.6 is 0 Å². The van der Waals surface area contributed by atoms with E-state index >= 15 is 0 Å². The SMILES string of the molecule is CCCn1c(=O)c(C(=O)N2CCC(C(=O)OCC)CC2)nn(-c2ccc(OC)cc2)c1=O. The standard InChI is InChI=1S/C22H28N4O6/c1-4-12-25-20(28)18(19(27)24-13-10-15(11-14-24)21(29)32-5-2)23-26(22(25)30)16-6-8-17(31-3)9-7-16/h6-9,15H,4-5,10-14H2,1-3H3. The number of hydrogen-bond donors (Lipinski definition) is 0. The molecule has 0 spiro atoms. The van der Waals surface area contributed by atoms with Crippen LogP contribution in [0.2, 0.25) is 0 Å². The smallest absolute Gasteiger partial charge is 0.352 e. The van der Waals surface area contributed by atoms with E-state index in [9.17, 15) is 19.2 Å². The van der Waals surface area contributed by atoms with Crippen LogP contribution in [0.15, 0.2) is 33.9 Å². The van der Waals surface area contributed by atoms with Gasteiger partial charge in [-0.3, -0.25) is 19.0 Å². The average Bonchev–Trinajstić information content (AvgIpc) is 2.82. The first-order valence-electron chi connectivity index (χ1n) is 10.8. The molecule has 1 fully saturated rings. The number of methoxy groups -OCH3 is 1. The summed E-state index contributed by atoms with van der Waals surface area (Å²) in [6, 6.07) is 6.60. The second-order valence-corrected chi connectivity index (χ2v) is 7.52. The number of hydrogen-bond acceptors (Lipinski definition) is 7. The molecule has 10 nitrogen and oxygen atoms in total. The van der Waals surface area contributed by atoms with Gasteiger partial charge in [0, 0.05) is 19.6 Å².